The van der Waals surface area contributed by atoms with Crippen LogP contribution in [0.1, 0.15) is 66.3 Å². The standard InChI is InChI=1S/C30H31N3O6S/c1-38-20-11-9-18(10-12-20)15-32-17-24-23(26(30(36)37)27(40-24)31-25-8-4-5-13-39-25)14-19(32)16-33-28(34)21-6-2-3-7-22(21)29(33)35/h2-3,6-7,9-12,19,25,31H,4-5,8,13-17H2,1H3,(H,36,37). The first kappa shape index (κ1) is 26.5. The molecule has 9 nitrogen and oxygen atoms in total. The van der Waals surface area contributed by atoms with Crippen LogP contribution in [0.5, 0.6) is 5.75 Å². The lowest BCUT2D eigenvalue weighted by molar-refractivity contribution is 0.0344. The minimum Gasteiger partial charge on any atom is -0.497 e. The van der Waals surface area contributed by atoms with Gasteiger partial charge in [0.1, 0.15) is 17.0 Å². The summed E-state index contributed by atoms with van der Waals surface area (Å²) in [6.45, 7) is 1.91. The van der Waals surface area contributed by atoms with E-state index in [1.165, 1.54) is 16.2 Å². The van der Waals surface area contributed by atoms with E-state index in [9.17, 15) is 19.5 Å². The maximum atomic E-state index is 13.2. The Hall–Kier alpha value is -3.73. The number of nitrogens with one attached hydrogen (secondary N) is 1. The number of amides is 2. The third-order valence-corrected chi connectivity index (χ3v) is 9.04. The van der Waals surface area contributed by atoms with E-state index in [-0.39, 0.29) is 36.2 Å². The molecule has 1 fully saturated rings. The van der Waals surface area contributed by atoms with Gasteiger partial charge in [-0.15, -0.1) is 11.3 Å². The highest BCUT2D eigenvalue weighted by atomic mass is 32.1. The average Bonchev–Trinajstić information content (AvgIpc) is 3.43. The highest BCUT2D eigenvalue weighted by Crippen LogP contribution is 2.40. The van der Waals surface area contributed by atoms with Crippen molar-refractivity contribution in [1.29, 1.82) is 0 Å². The molecule has 10 heteroatoms. The number of fused-ring (bicyclic) bond motifs is 2. The van der Waals surface area contributed by atoms with Crippen molar-refractivity contribution in [2.75, 3.05) is 25.6 Å². The number of hydrogen-bond donors (Lipinski definition) is 2. The molecular formula is C30H31N3O6S. The first-order valence-corrected chi connectivity index (χ1v) is 14.3. The summed E-state index contributed by atoms with van der Waals surface area (Å²) in [5.74, 6) is -0.844. The van der Waals surface area contributed by atoms with E-state index < -0.39 is 5.97 Å². The van der Waals surface area contributed by atoms with Gasteiger partial charge in [0.05, 0.1) is 23.8 Å². The summed E-state index contributed by atoms with van der Waals surface area (Å²) >= 11 is 1.46. The molecule has 2 N–H and O–H groups in total. The van der Waals surface area contributed by atoms with Crippen LogP contribution in [0.2, 0.25) is 0 Å². The molecule has 4 heterocycles. The minimum absolute atomic E-state index is 0.172. The zero-order valence-corrected chi connectivity index (χ0v) is 23.0. The van der Waals surface area contributed by atoms with Crippen LogP contribution in [-0.4, -0.2) is 65.2 Å². The second kappa shape index (κ2) is 11.0. The molecule has 0 saturated carbocycles. The van der Waals surface area contributed by atoms with Crippen LogP contribution >= 0.6 is 11.3 Å². The fourth-order valence-electron chi connectivity index (χ4n) is 5.81. The molecule has 3 aliphatic heterocycles. The number of imide groups is 1. The van der Waals surface area contributed by atoms with E-state index in [0.717, 1.165) is 41.0 Å². The molecule has 0 aliphatic carbocycles. The van der Waals surface area contributed by atoms with E-state index in [0.29, 0.717) is 42.2 Å². The Kier molecular flexibility index (Phi) is 7.31. The molecule has 2 aromatic carbocycles. The van der Waals surface area contributed by atoms with Gasteiger partial charge >= 0.3 is 5.97 Å². The zero-order chi connectivity index (χ0) is 27.8. The van der Waals surface area contributed by atoms with Crippen molar-refractivity contribution < 1.29 is 29.0 Å². The maximum Gasteiger partial charge on any atom is 0.338 e. The van der Waals surface area contributed by atoms with Crippen LogP contribution in [-0.2, 0) is 24.2 Å². The Morgan fingerprint density at radius 1 is 1.10 bits per heavy atom. The summed E-state index contributed by atoms with van der Waals surface area (Å²) in [4.78, 5) is 43.5. The average molecular weight is 562 g/mol. The molecule has 40 heavy (non-hydrogen) atoms. The number of hydrogen-bond acceptors (Lipinski definition) is 8. The predicted octanol–water partition coefficient (Wildman–Crippen LogP) is 4.62. The molecule has 1 saturated heterocycles. The Morgan fingerprint density at radius 3 is 2.45 bits per heavy atom. The number of rotatable bonds is 8. The molecule has 0 radical (unpaired) electrons. The monoisotopic (exact) mass is 561 g/mol. The van der Waals surface area contributed by atoms with E-state index in [2.05, 4.69) is 10.2 Å². The normalized spacial score (nSPS) is 20.8. The molecule has 2 amide bonds. The molecular weight excluding hydrogens is 530 g/mol. The summed E-state index contributed by atoms with van der Waals surface area (Å²) in [5, 5.41) is 14.2. The quantitative estimate of drug-likeness (QED) is 0.384. The van der Waals surface area contributed by atoms with Gasteiger partial charge in [-0.3, -0.25) is 19.4 Å². The Labute approximate surface area is 236 Å². The van der Waals surface area contributed by atoms with E-state index >= 15 is 0 Å². The Bertz CT molecular complexity index is 1410. The van der Waals surface area contributed by atoms with Gasteiger partial charge in [-0.05, 0) is 61.1 Å². The topological polar surface area (TPSA) is 108 Å². The molecule has 208 valence electrons. The van der Waals surface area contributed by atoms with Crippen LogP contribution in [0, 0.1) is 0 Å². The molecule has 3 aromatic rings. The van der Waals surface area contributed by atoms with Crippen LogP contribution < -0.4 is 10.1 Å². The van der Waals surface area contributed by atoms with Gasteiger partial charge in [-0.25, -0.2) is 4.79 Å². The van der Waals surface area contributed by atoms with Crippen molar-refractivity contribution in [3.8, 4) is 5.75 Å². The first-order valence-electron chi connectivity index (χ1n) is 13.5. The van der Waals surface area contributed by atoms with Gasteiger partial charge in [0.2, 0.25) is 0 Å². The van der Waals surface area contributed by atoms with Crippen molar-refractivity contribution in [2.24, 2.45) is 0 Å². The van der Waals surface area contributed by atoms with E-state index in [1.807, 2.05) is 24.3 Å². The fraction of sp³-hybridized carbons (Fsp3) is 0.367. The predicted molar refractivity (Wildman–Crippen MR) is 150 cm³/mol. The number of thiophene rings is 1. The fourth-order valence-corrected chi connectivity index (χ4v) is 7.10. The van der Waals surface area contributed by atoms with Crippen molar-refractivity contribution in [3.05, 3.63) is 81.2 Å². The maximum absolute atomic E-state index is 13.2. The van der Waals surface area contributed by atoms with Crippen LogP contribution in [0.3, 0.4) is 0 Å². The smallest absolute Gasteiger partial charge is 0.338 e. The zero-order valence-electron chi connectivity index (χ0n) is 22.2. The number of carboxylic acids is 1. The minimum atomic E-state index is -0.987. The van der Waals surface area contributed by atoms with Gasteiger partial charge in [0.15, 0.2) is 0 Å². The third-order valence-electron chi connectivity index (χ3n) is 7.90. The van der Waals surface area contributed by atoms with Crippen molar-refractivity contribution in [3.63, 3.8) is 0 Å². The summed E-state index contributed by atoms with van der Waals surface area (Å²) in [7, 11) is 1.63. The number of benzene rings is 2. The summed E-state index contributed by atoms with van der Waals surface area (Å²) in [6, 6.07) is 14.4. The van der Waals surface area contributed by atoms with Gasteiger partial charge in [0, 0.05) is 37.2 Å². The molecule has 2 atom stereocenters. The lowest BCUT2D eigenvalue weighted by atomic mass is 9.95. The van der Waals surface area contributed by atoms with Gasteiger partial charge in [-0.2, -0.15) is 0 Å². The van der Waals surface area contributed by atoms with Crippen LogP contribution in [0.4, 0.5) is 5.00 Å². The third kappa shape index (κ3) is 4.98. The van der Waals surface area contributed by atoms with Crippen LogP contribution in [0.15, 0.2) is 48.5 Å². The number of ether oxygens (including phenoxy) is 2. The lowest BCUT2D eigenvalue weighted by Gasteiger charge is -2.37. The van der Waals surface area contributed by atoms with Crippen LogP contribution in [0.25, 0.3) is 0 Å². The number of carboxylic acid groups (broad SMARTS) is 1. The first-order chi connectivity index (χ1) is 19.4. The molecule has 1 aromatic heterocycles. The second-order valence-corrected chi connectivity index (χ2v) is 11.5. The van der Waals surface area contributed by atoms with Crippen molar-refractivity contribution in [1.82, 2.24) is 9.80 Å². The lowest BCUT2D eigenvalue weighted by Crippen LogP contribution is -2.48. The number of nitrogens with zero attached hydrogens (tertiary/aromatic N) is 2. The van der Waals surface area contributed by atoms with E-state index in [4.69, 9.17) is 9.47 Å². The summed E-state index contributed by atoms with van der Waals surface area (Å²) in [5.41, 5.74) is 2.91. The Morgan fingerprint density at radius 2 is 1.82 bits per heavy atom. The van der Waals surface area contributed by atoms with Gasteiger partial charge < -0.3 is 19.9 Å². The SMILES string of the molecule is COc1ccc(CN2Cc3sc(NC4CCCCO4)c(C(=O)O)c3CC2CN2C(=O)c3ccccc3C2=O)cc1. The van der Waals surface area contributed by atoms with Gasteiger partial charge in [-0.1, -0.05) is 24.3 Å². The Balaban J connectivity index is 1.32. The number of methoxy groups -OCH3 is 1. The van der Waals surface area contributed by atoms with Crippen molar-refractivity contribution in [2.45, 2.75) is 51.0 Å². The second-order valence-electron chi connectivity index (χ2n) is 10.4. The molecule has 3 aliphatic rings. The highest BCUT2D eigenvalue weighted by Gasteiger charge is 2.40. The summed E-state index contributed by atoms with van der Waals surface area (Å²) < 4.78 is 11.1. The largest absolute Gasteiger partial charge is 0.497 e. The molecule has 2 unspecified atom stereocenters. The van der Waals surface area contributed by atoms with Crippen molar-refractivity contribution >= 4 is 34.1 Å². The molecule has 0 spiro atoms. The number of anilines is 1. The summed E-state index contributed by atoms with van der Waals surface area (Å²) in [6.07, 6.45) is 3.06. The van der Waals surface area contributed by atoms with Gasteiger partial charge in [0.25, 0.3) is 11.8 Å². The molecule has 6 rings (SSSR count). The number of aromatic carboxylic acids is 1. The number of carbonyl (C=O) groups is 3. The molecule has 0 bridgehead atoms. The van der Waals surface area contributed by atoms with E-state index in [1.54, 1.807) is 31.4 Å². The number of carbonyl (C=O) groups excluding carboxylic acids is 2. The highest BCUT2D eigenvalue weighted by molar-refractivity contribution is 7.16.